The van der Waals surface area contributed by atoms with Gasteiger partial charge in [0.2, 0.25) is 0 Å². The maximum Gasteiger partial charge on any atom is 0.270 e. The molecule has 0 spiro atoms. The maximum atomic E-state index is 13.3. The molecular weight excluding hydrogens is 285 g/mol. The zero-order chi connectivity index (χ0) is 15.9. The summed E-state index contributed by atoms with van der Waals surface area (Å²) in [6.45, 7) is 5.77. The highest BCUT2D eigenvalue weighted by Gasteiger charge is 2.16. The lowest BCUT2D eigenvalue weighted by atomic mass is 10.3. The molecule has 0 aliphatic rings. The van der Waals surface area contributed by atoms with E-state index in [4.69, 9.17) is 4.74 Å². The van der Waals surface area contributed by atoms with Crippen LogP contribution in [0.15, 0.2) is 18.3 Å². The number of carbonyl (C=O) groups excluding carboxylic acids is 1. The zero-order valence-corrected chi connectivity index (χ0v) is 13.1. The summed E-state index contributed by atoms with van der Waals surface area (Å²) in [5.74, 6) is -0.646. The molecule has 6 heteroatoms. The largest absolute Gasteiger partial charge is 0.381 e. The number of aromatic nitrogens is 2. The summed E-state index contributed by atoms with van der Waals surface area (Å²) < 4.78 is 20.3. The Morgan fingerprint density at radius 2 is 2.14 bits per heavy atom. The maximum absolute atomic E-state index is 13.3. The van der Waals surface area contributed by atoms with Crippen LogP contribution in [0, 0.1) is 12.7 Å². The predicted octanol–water partition coefficient (Wildman–Crippen LogP) is 2.72. The number of fused-ring (bicyclic) bond motifs is 1. The molecule has 2 rings (SSSR count). The third-order valence-electron chi connectivity index (χ3n) is 3.37. The number of unbranched alkanes of at least 4 members (excludes halogenated alkanes) is 1. The van der Waals surface area contributed by atoms with Crippen LogP contribution in [-0.4, -0.2) is 35.1 Å². The lowest BCUT2D eigenvalue weighted by Crippen LogP contribution is -2.27. The van der Waals surface area contributed by atoms with E-state index in [9.17, 15) is 9.18 Å². The Balaban J connectivity index is 1.90. The Labute approximate surface area is 129 Å². The van der Waals surface area contributed by atoms with Crippen LogP contribution < -0.4 is 5.32 Å². The second-order valence-corrected chi connectivity index (χ2v) is 5.20. The summed E-state index contributed by atoms with van der Waals surface area (Å²) in [5.41, 5.74) is 1.52. The van der Waals surface area contributed by atoms with E-state index in [-0.39, 0.29) is 5.91 Å². The van der Waals surface area contributed by atoms with E-state index in [2.05, 4.69) is 17.2 Å². The number of ether oxygens (including phenoxy) is 1. The van der Waals surface area contributed by atoms with Gasteiger partial charge in [-0.3, -0.25) is 9.20 Å². The van der Waals surface area contributed by atoms with Gasteiger partial charge in [0, 0.05) is 26.0 Å². The molecule has 2 aromatic heterocycles. The number of amides is 1. The summed E-state index contributed by atoms with van der Waals surface area (Å²) in [5, 5.41) is 2.83. The van der Waals surface area contributed by atoms with Crippen LogP contribution >= 0.6 is 0 Å². The van der Waals surface area contributed by atoms with Crippen molar-refractivity contribution in [3.05, 3.63) is 35.5 Å². The van der Waals surface area contributed by atoms with Crippen LogP contribution in [0.2, 0.25) is 0 Å². The molecule has 0 aliphatic carbocycles. The van der Waals surface area contributed by atoms with Crippen molar-refractivity contribution < 1.29 is 13.9 Å². The van der Waals surface area contributed by atoms with Gasteiger partial charge in [-0.1, -0.05) is 13.3 Å². The summed E-state index contributed by atoms with van der Waals surface area (Å²) in [6, 6.07) is 2.89. The molecule has 0 unspecified atom stereocenters. The number of rotatable bonds is 8. The number of imidazole rings is 1. The molecule has 120 valence electrons. The molecule has 22 heavy (non-hydrogen) atoms. The van der Waals surface area contributed by atoms with Gasteiger partial charge in [0.05, 0.1) is 5.69 Å². The van der Waals surface area contributed by atoms with Crippen LogP contribution in [-0.2, 0) is 4.74 Å². The normalized spacial score (nSPS) is 11.0. The fourth-order valence-corrected chi connectivity index (χ4v) is 2.22. The first-order valence-electron chi connectivity index (χ1n) is 7.63. The molecule has 0 aromatic carbocycles. The number of hydrogen-bond acceptors (Lipinski definition) is 3. The second kappa shape index (κ2) is 7.89. The fraction of sp³-hybridized carbons (Fsp3) is 0.500. The van der Waals surface area contributed by atoms with Crippen LogP contribution in [0.3, 0.4) is 0 Å². The van der Waals surface area contributed by atoms with Gasteiger partial charge < -0.3 is 10.1 Å². The SMILES string of the molecule is CCCCOCCCNC(=O)c1c(C)nc2ccc(F)cn12. The summed E-state index contributed by atoms with van der Waals surface area (Å²) >= 11 is 0. The lowest BCUT2D eigenvalue weighted by Gasteiger charge is -2.07. The van der Waals surface area contributed by atoms with E-state index >= 15 is 0 Å². The standard InChI is InChI=1S/C16H22FN3O2/c1-3-4-9-22-10-5-8-18-16(21)15-12(2)19-14-7-6-13(17)11-20(14)15/h6-7,11H,3-5,8-10H2,1-2H3,(H,18,21). The van der Waals surface area contributed by atoms with Gasteiger partial charge in [-0.05, 0) is 31.9 Å². The Kier molecular flexibility index (Phi) is 5.89. The minimum Gasteiger partial charge on any atom is -0.381 e. The number of nitrogens with zero attached hydrogens (tertiary/aromatic N) is 2. The minimum atomic E-state index is -0.400. The highest BCUT2D eigenvalue weighted by molar-refractivity contribution is 5.94. The molecule has 0 fully saturated rings. The zero-order valence-electron chi connectivity index (χ0n) is 13.1. The van der Waals surface area contributed by atoms with Gasteiger partial charge in [0.1, 0.15) is 17.2 Å². The van der Waals surface area contributed by atoms with E-state index in [0.717, 1.165) is 25.9 Å². The van der Waals surface area contributed by atoms with Crippen molar-refractivity contribution in [3.63, 3.8) is 0 Å². The first-order chi connectivity index (χ1) is 10.6. The van der Waals surface area contributed by atoms with Gasteiger partial charge in [0.25, 0.3) is 5.91 Å². The topological polar surface area (TPSA) is 55.6 Å². The highest BCUT2D eigenvalue weighted by atomic mass is 19.1. The Bertz CT molecular complexity index is 640. The van der Waals surface area contributed by atoms with Crippen LogP contribution in [0.1, 0.15) is 42.4 Å². The molecule has 0 radical (unpaired) electrons. The number of aryl methyl sites for hydroxylation is 1. The van der Waals surface area contributed by atoms with E-state index in [0.29, 0.717) is 30.2 Å². The van der Waals surface area contributed by atoms with Gasteiger partial charge in [-0.2, -0.15) is 0 Å². The number of hydrogen-bond donors (Lipinski definition) is 1. The van der Waals surface area contributed by atoms with Crippen LogP contribution in [0.5, 0.6) is 0 Å². The molecule has 0 saturated heterocycles. The number of carbonyl (C=O) groups is 1. The molecule has 0 bridgehead atoms. The molecule has 0 saturated carbocycles. The average molecular weight is 307 g/mol. The number of halogens is 1. The van der Waals surface area contributed by atoms with Crippen molar-refractivity contribution in [2.45, 2.75) is 33.1 Å². The average Bonchev–Trinajstić information content (AvgIpc) is 2.81. The third-order valence-corrected chi connectivity index (χ3v) is 3.37. The van der Waals surface area contributed by atoms with E-state index in [1.165, 1.54) is 16.7 Å². The summed E-state index contributed by atoms with van der Waals surface area (Å²) in [7, 11) is 0. The van der Waals surface area contributed by atoms with Gasteiger partial charge in [-0.25, -0.2) is 9.37 Å². The number of nitrogens with one attached hydrogen (secondary N) is 1. The molecule has 0 atom stereocenters. The van der Waals surface area contributed by atoms with E-state index in [1.54, 1.807) is 13.0 Å². The predicted molar refractivity (Wildman–Crippen MR) is 82.6 cm³/mol. The molecular formula is C16H22FN3O2. The van der Waals surface area contributed by atoms with E-state index < -0.39 is 5.82 Å². The van der Waals surface area contributed by atoms with Gasteiger partial charge in [0.15, 0.2) is 0 Å². The van der Waals surface area contributed by atoms with Crippen molar-refractivity contribution in [2.24, 2.45) is 0 Å². The van der Waals surface area contributed by atoms with Crippen molar-refractivity contribution in [2.75, 3.05) is 19.8 Å². The molecule has 2 aromatic rings. The molecule has 1 N–H and O–H groups in total. The van der Waals surface area contributed by atoms with Crippen molar-refractivity contribution in [3.8, 4) is 0 Å². The summed E-state index contributed by atoms with van der Waals surface area (Å²) in [6.07, 6.45) is 4.19. The fourth-order valence-electron chi connectivity index (χ4n) is 2.22. The Morgan fingerprint density at radius 1 is 1.36 bits per heavy atom. The second-order valence-electron chi connectivity index (χ2n) is 5.20. The van der Waals surface area contributed by atoms with Crippen LogP contribution in [0.25, 0.3) is 5.65 Å². The molecule has 5 nitrogen and oxygen atoms in total. The van der Waals surface area contributed by atoms with Crippen LogP contribution in [0.4, 0.5) is 4.39 Å². The van der Waals surface area contributed by atoms with Crippen molar-refractivity contribution in [1.82, 2.24) is 14.7 Å². The van der Waals surface area contributed by atoms with Gasteiger partial charge >= 0.3 is 0 Å². The monoisotopic (exact) mass is 307 g/mol. The van der Waals surface area contributed by atoms with Gasteiger partial charge in [-0.15, -0.1) is 0 Å². The number of pyridine rings is 1. The first kappa shape index (κ1) is 16.4. The van der Waals surface area contributed by atoms with Crippen molar-refractivity contribution in [1.29, 1.82) is 0 Å². The minimum absolute atomic E-state index is 0.246. The molecule has 2 heterocycles. The van der Waals surface area contributed by atoms with E-state index in [1.807, 2.05) is 0 Å². The highest BCUT2D eigenvalue weighted by Crippen LogP contribution is 2.13. The Morgan fingerprint density at radius 3 is 2.91 bits per heavy atom. The smallest absolute Gasteiger partial charge is 0.270 e. The Hall–Kier alpha value is -1.95. The lowest BCUT2D eigenvalue weighted by molar-refractivity contribution is 0.0934. The molecule has 1 amide bonds. The third kappa shape index (κ3) is 4.04. The quantitative estimate of drug-likeness (QED) is 0.763. The summed E-state index contributed by atoms with van der Waals surface area (Å²) in [4.78, 5) is 16.5. The first-order valence-corrected chi connectivity index (χ1v) is 7.63. The molecule has 0 aliphatic heterocycles. The van der Waals surface area contributed by atoms with Crippen molar-refractivity contribution >= 4 is 11.6 Å².